The Kier molecular flexibility index (Phi) is 4.82. The molecule has 1 amide bonds. The number of carbonyl (C=O) groups is 1. The lowest BCUT2D eigenvalue weighted by Crippen LogP contribution is -2.43. The number of benzene rings is 2. The molecule has 0 saturated heterocycles. The van der Waals surface area contributed by atoms with Crippen LogP contribution < -0.4 is 10.6 Å². The molecule has 0 bridgehead atoms. The van der Waals surface area contributed by atoms with Crippen LogP contribution >= 0.6 is 0 Å². The molecule has 0 spiro atoms. The quantitative estimate of drug-likeness (QED) is 0.591. The van der Waals surface area contributed by atoms with Crippen molar-refractivity contribution in [3.63, 3.8) is 0 Å². The molecule has 3 aromatic rings. The lowest BCUT2D eigenvalue weighted by Gasteiger charge is -2.32. The molecule has 154 valence electrons. The molecule has 7 nitrogen and oxygen atoms in total. The van der Waals surface area contributed by atoms with Crippen molar-refractivity contribution in [2.75, 3.05) is 18.1 Å². The first-order valence-electron chi connectivity index (χ1n) is 9.50. The molecule has 1 aliphatic heterocycles. The van der Waals surface area contributed by atoms with Gasteiger partial charge in [0.05, 0.1) is 15.4 Å². The number of nitrogens with one attached hydrogen (secondary N) is 3. The largest absolute Gasteiger partial charge is 0.351 e. The summed E-state index contributed by atoms with van der Waals surface area (Å²) in [6.45, 7) is 4.80. The number of nitrogens with zero attached hydrogens (tertiary/aromatic N) is 2. The first-order valence-corrected chi connectivity index (χ1v) is 11.5. The van der Waals surface area contributed by atoms with Crippen molar-refractivity contribution in [1.29, 1.82) is 4.78 Å². The average molecular weight is 422 g/mol. The molecule has 2 aromatic carbocycles. The first kappa shape index (κ1) is 20.0. The van der Waals surface area contributed by atoms with Crippen LogP contribution in [-0.4, -0.2) is 32.9 Å². The van der Waals surface area contributed by atoms with Crippen molar-refractivity contribution in [3.05, 3.63) is 65.9 Å². The van der Waals surface area contributed by atoms with Gasteiger partial charge in [-0.2, -0.15) is 0 Å². The van der Waals surface area contributed by atoms with E-state index in [-0.39, 0.29) is 11.3 Å². The molecule has 0 aliphatic carbocycles. The standard InChI is InChI=1S/C22H23N5O2S/c1-22(2)13-25-20(28)17-8-7-14(11-18(17)22)19-9-10-24-21(27-19)26-15-5-4-6-16(12-15)30(3,23)29/h4-12,23H,13H2,1-3H3,(H,25,28)(H,24,26,27). The van der Waals surface area contributed by atoms with Gasteiger partial charge in [-0.25, -0.2) is 19.0 Å². The van der Waals surface area contributed by atoms with Crippen molar-refractivity contribution in [2.24, 2.45) is 0 Å². The highest BCUT2D eigenvalue weighted by atomic mass is 32.2. The lowest BCUT2D eigenvalue weighted by molar-refractivity contribution is 0.0930. The zero-order valence-corrected chi connectivity index (χ0v) is 17.8. The van der Waals surface area contributed by atoms with E-state index in [1.54, 1.807) is 24.4 Å². The normalized spacial score (nSPS) is 16.8. The molecule has 0 radical (unpaired) electrons. The minimum atomic E-state index is -2.81. The summed E-state index contributed by atoms with van der Waals surface area (Å²) in [6, 6.07) is 14.5. The van der Waals surface area contributed by atoms with Crippen LogP contribution in [0.3, 0.4) is 0 Å². The summed E-state index contributed by atoms with van der Waals surface area (Å²) in [5.41, 5.74) is 3.81. The maximum atomic E-state index is 12.2. The average Bonchev–Trinajstić information content (AvgIpc) is 2.71. The summed E-state index contributed by atoms with van der Waals surface area (Å²) in [5.74, 6) is 0.342. The molecule has 0 fully saturated rings. The highest BCUT2D eigenvalue weighted by molar-refractivity contribution is 7.91. The van der Waals surface area contributed by atoms with E-state index in [4.69, 9.17) is 4.78 Å². The Bertz CT molecular complexity index is 1250. The van der Waals surface area contributed by atoms with Crippen LogP contribution in [0.15, 0.2) is 59.6 Å². The third kappa shape index (κ3) is 3.91. The Morgan fingerprint density at radius 2 is 1.97 bits per heavy atom. The van der Waals surface area contributed by atoms with E-state index in [9.17, 15) is 9.00 Å². The Balaban J connectivity index is 1.67. The van der Waals surface area contributed by atoms with Crippen molar-refractivity contribution >= 4 is 27.3 Å². The summed E-state index contributed by atoms with van der Waals surface area (Å²) in [7, 11) is -2.81. The van der Waals surface area contributed by atoms with E-state index in [2.05, 4.69) is 34.4 Å². The third-order valence-electron chi connectivity index (χ3n) is 5.18. The highest BCUT2D eigenvalue weighted by Gasteiger charge is 2.31. The van der Waals surface area contributed by atoms with E-state index >= 15 is 0 Å². The number of hydrogen-bond acceptors (Lipinski definition) is 6. The lowest BCUT2D eigenvalue weighted by atomic mass is 9.78. The van der Waals surface area contributed by atoms with Gasteiger partial charge in [0, 0.05) is 46.1 Å². The van der Waals surface area contributed by atoms with Gasteiger partial charge in [-0.05, 0) is 42.0 Å². The van der Waals surface area contributed by atoms with Crippen molar-refractivity contribution in [1.82, 2.24) is 15.3 Å². The predicted octanol–water partition coefficient (Wildman–Crippen LogP) is 3.94. The number of rotatable bonds is 4. The monoisotopic (exact) mass is 421 g/mol. The second-order valence-electron chi connectivity index (χ2n) is 8.09. The summed E-state index contributed by atoms with van der Waals surface area (Å²) in [4.78, 5) is 21.5. The highest BCUT2D eigenvalue weighted by Crippen LogP contribution is 2.33. The van der Waals surface area contributed by atoms with E-state index in [0.29, 0.717) is 28.6 Å². The minimum absolute atomic E-state index is 0.0531. The summed E-state index contributed by atoms with van der Waals surface area (Å²) in [6.07, 6.45) is 3.06. The van der Waals surface area contributed by atoms with E-state index < -0.39 is 9.73 Å². The van der Waals surface area contributed by atoms with Gasteiger partial charge in [-0.3, -0.25) is 4.79 Å². The second-order valence-corrected chi connectivity index (χ2v) is 10.2. The Morgan fingerprint density at radius 1 is 1.17 bits per heavy atom. The fourth-order valence-corrected chi connectivity index (χ4v) is 4.17. The first-order chi connectivity index (χ1) is 14.1. The van der Waals surface area contributed by atoms with Crippen molar-refractivity contribution < 1.29 is 9.00 Å². The maximum absolute atomic E-state index is 12.2. The van der Waals surface area contributed by atoms with Gasteiger partial charge >= 0.3 is 0 Å². The molecule has 2 heterocycles. The number of aromatic nitrogens is 2. The van der Waals surface area contributed by atoms with Crippen LogP contribution in [0.25, 0.3) is 11.3 Å². The summed E-state index contributed by atoms with van der Waals surface area (Å²) < 4.78 is 19.8. The zero-order chi connectivity index (χ0) is 21.5. The van der Waals surface area contributed by atoms with Gasteiger partial charge in [-0.15, -0.1) is 0 Å². The molecule has 1 unspecified atom stereocenters. The maximum Gasteiger partial charge on any atom is 0.251 e. The van der Waals surface area contributed by atoms with Gasteiger partial charge in [-0.1, -0.05) is 26.0 Å². The van der Waals surface area contributed by atoms with Gasteiger partial charge < -0.3 is 10.6 Å². The van der Waals surface area contributed by atoms with E-state index in [1.165, 1.54) is 6.26 Å². The third-order valence-corrected chi connectivity index (χ3v) is 6.33. The molecule has 30 heavy (non-hydrogen) atoms. The predicted molar refractivity (Wildman–Crippen MR) is 118 cm³/mol. The van der Waals surface area contributed by atoms with Crippen LogP contribution in [-0.2, 0) is 15.1 Å². The fourth-order valence-electron chi connectivity index (χ4n) is 3.48. The number of anilines is 2. The molecule has 0 saturated carbocycles. The molecule has 4 rings (SSSR count). The van der Waals surface area contributed by atoms with E-state index in [1.807, 2.05) is 30.3 Å². The van der Waals surface area contributed by atoms with Crippen molar-refractivity contribution in [2.45, 2.75) is 24.2 Å². The Labute approximate surface area is 175 Å². The summed E-state index contributed by atoms with van der Waals surface area (Å²) in [5, 5.41) is 6.05. The number of fused-ring (bicyclic) bond motifs is 1. The number of hydrogen-bond donors (Lipinski definition) is 3. The SMILES string of the molecule is CC1(C)CNC(=O)c2ccc(-c3ccnc(Nc4cccc(S(C)(=N)=O)c4)n3)cc21. The van der Waals surface area contributed by atoms with Gasteiger partial charge in [0.2, 0.25) is 5.95 Å². The van der Waals surface area contributed by atoms with Crippen molar-refractivity contribution in [3.8, 4) is 11.3 Å². The zero-order valence-electron chi connectivity index (χ0n) is 17.0. The molecule has 8 heteroatoms. The number of carbonyl (C=O) groups excluding carboxylic acids is 1. The van der Waals surface area contributed by atoms with Gasteiger partial charge in [0.1, 0.15) is 0 Å². The molecule has 1 aliphatic rings. The minimum Gasteiger partial charge on any atom is -0.351 e. The van der Waals surface area contributed by atoms with Crippen LogP contribution in [0.4, 0.5) is 11.6 Å². The fraction of sp³-hybridized carbons (Fsp3) is 0.227. The van der Waals surface area contributed by atoms with Gasteiger partial charge in [0.25, 0.3) is 5.91 Å². The molecular formula is C22H23N5O2S. The molecule has 1 aromatic heterocycles. The second kappa shape index (κ2) is 7.21. The van der Waals surface area contributed by atoms with E-state index in [0.717, 1.165) is 16.8 Å². The Morgan fingerprint density at radius 3 is 2.73 bits per heavy atom. The summed E-state index contributed by atoms with van der Waals surface area (Å²) >= 11 is 0. The van der Waals surface area contributed by atoms with Gasteiger partial charge in [0.15, 0.2) is 0 Å². The van der Waals surface area contributed by atoms with Crippen LogP contribution in [0, 0.1) is 4.78 Å². The molecular weight excluding hydrogens is 398 g/mol. The van der Waals surface area contributed by atoms with Crippen LogP contribution in [0.1, 0.15) is 29.8 Å². The van der Waals surface area contributed by atoms with Crippen LogP contribution in [0.5, 0.6) is 0 Å². The molecule has 3 N–H and O–H groups in total. The molecule has 1 atom stereocenters. The Hall–Kier alpha value is -3.26. The van der Waals surface area contributed by atoms with Crippen LogP contribution in [0.2, 0.25) is 0 Å². The number of amides is 1. The smallest absolute Gasteiger partial charge is 0.251 e. The topological polar surface area (TPSA) is 108 Å².